The Morgan fingerprint density at radius 1 is 1.69 bits per heavy atom. The molecule has 1 fully saturated rings. The molecule has 0 spiro atoms. The van der Waals surface area contributed by atoms with Gasteiger partial charge in [0.2, 0.25) is 0 Å². The minimum Gasteiger partial charge on any atom is -0.347 e. The highest BCUT2D eigenvalue weighted by atomic mass is 35.5. The van der Waals surface area contributed by atoms with Gasteiger partial charge >= 0.3 is 0 Å². The summed E-state index contributed by atoms with van der Waals surface area (Å²) < 4.78 is 0. The number of thiazole rings is 1. The van der Waals surface area contributed by atoms with Gasteiger partial charge in [0.1, 0.15) is 0 Å². The van der Waals surface area contributed by atoms with Crippen molar-refractivity contribution in [2.75, 3.05) is 25.0 Å². The normalized spacial score (nSPS) is 21.2. The molecular weight excluding hydrogens is 206 g/mol. The summed E-state index contributed by atoms with van der Waals surface area (Å²) in [4.78, 5) is 6.55. The van der Waals surface area contributed by atoms with Crippen LogP contribution in [0.4, 0.5) is 5.13 Å². The summed E-state index contributed by atoms with van der Waals surface area (Å²) in [5.74, 6) is 0. The van der Waals surface area contributed by atoms with Gasteiger partial charge in [-0.25, -0.2) is 4.98 Å². The monoisotopic (exact) mass is 219 g/mol. The lowest BCUT2D eigenvalue weighted by molar-refractivity contribution is 0.684. The van der Waals surface area contributed by atoms with Gasteiger partial charge in [-0.15, -0.1) is 23.7 Å². The highest BCUT2D eigenvalue weighted by Gasteiger charge is 2.20. The standard InChI is InChI=1S/C8H13N3S.ClH/c1-11(7-2-3-9-6-7)8-10-4-5-12-8;/h4-5,7,9H,2-3,6H2,1H3;1H. The molecule has 0 aliphatic carbocycles. The van der Waals surface area contributed by atoms with Crippen molar-refractivity contribution in [3.05, 3.63) is 11.6 Å². The predicted octanol–water partition coefficient (Wildman–Crippen LogP) is 1.36. The summed E-state index contributed by atoms with van der Waals surface area (Å²) in [5, 5.41) is 6.50. The Bertz CT molecular complexity index is 234. The molecule has 0 bridgehead atoms. The number of rotatable bonds is 2. The van der Waals surface area contributed by atoms with Gasteiger partial charge in [-0.05, 0) is 13.0 Å². The maximum absolute atomic E-state index is 4.28. The van der Waals surface area contributed by atoms with Crippen LogP contribution in [0.2, 0.25) is 0 Å². The Morgan fingerprint density at radius 3 is 3.08 bits per heavy atom. The van der Waals surface area contributed by atoms with E-state index in [1.807, 2.05) is 11.6 Å². The van der Waals surface area contributed by atoms with Gasteiger partial charge in [-0.1, -0.05) is 0 Å². The van der Waals surface area contributed by atoms with Crippen LogP contribution < -0.4 is 10.2 Å². The molecule has 2 rings (SSSR count). The fourth-order valence-corrected chi connectivity index (χ4v) is 2.20. The quantitative estimate of drug-likeness (QED) is 0.815. The third-order valence-electron chi connectivity index (χ3n) is 2.30. The number of hydrogen-bond acceptors (Lipinski definition) is 4. The van der Waals surface area contributed by atoms with Crippen LogP contribution in [0.5, 0.6) is 0 Å². The number of aromatic nitrogens is 1. The van der Waals surface area contributed by atoms with Crippen molar-refractivity contribution in [2.45, 2.75) is 12.5 Å². The van der Waals surface area contributed by atoms with Crippen molar-refractivity contribution in [3.8, 4) is 0 Å². The Labute approximate surface area is 88.6 Å². The number of anilines is 1. The van der Waals surface area contributed by atoms with Crippen molar-refractivity contribution < 1.29 is 0 Å². The second kappa shape index (κ2) is 4.79. The molecule has 3 nitrogen and oxygen atoms in total. The average Bonchev–Trinajstić information content (AvgIpc) is 2.77. The van der Waals surface area contributed by atoms with E-state index in [2.05, 4.69) is 22.2 Å². The highest BCUT2D eigenvalue weighted by Crippen LogP contribution is 2.20. The Kier molecular flexibility index (Phi) is 3.96. The van der Waals surface area contributed by atoms with Crippen LogP contribution in [0, 0.1) is 0 Å². The zero-order chi connectivity index (χ0) is 8.39. The lowest BCUT2D eigenvalue weighted by Crippen LogP contribution is -2.33. The molecule has 0 aromatic carbocycles. The molecule has 1 aliphatic heterocycles. The van der Waals surface area contributed by atoms with Gasteiger partial charge in [0.15, 0.2) is 5.13 Å². The fourth-order valence-electron chi connectivity index (χ4n) is 1.52. The summed E-state index contributed by atoms with van der Waals surface area (Å²) in [6.45, 7) is 2.23. The average molecular weight is 220 g/mol. The van der Waals surface area contributed by atoms with E-state index < -0.39 is 0 Å². The van der Waals surface area contributed by atoms with E-state index in [0.717, 1.165) is 18.2 Å². The molecular formula is C8H14ClN3S. The Morgan fingerprint density at radius 2 is 2.54 bits per heavy atom. The van der Waals surface area contributed by atoms with E-state index in [-0.39, 0.29) is 12.4 Å². The smallest absolute Gasteiger partial charge is 0.185 e. The van der Waals surface area contributed by atoms with E-state index >= 15 is 0 Å². The first-order valence-electron chi connectivity index (χ1n) is 4.21. The first-order valence-corrected chi connectivity index (χ1v) is 5.09. The van der Waals surface area contributed by atoms with Crippen molar-refractivity contribution >= 4 is 28.9 Å². The van der Waals surface area contributed by atoms with E-state index in [1.54, 1.807) is 11.3 Å². The zero-order valence-corrected chi connectivity index (χ0v) is 9.20. The van der Waals surface area contributed by atoms with Gasteiger partial charge in [-0.3, -0.25) is 0 Å². The molecule has 74 valence electrons. The number of nitrogens with zero attached hydrogens (tertiary/aromatic N) is 2. The van der Waals surface area contributed by atoms with Crippen LogP contribution in [-0.4, -0.2) is 31.2 Å². The maximum atomic E-state index is 4.28. The molecule has 1 aromatic rings. The lowest BCUT2D eigenvalue weighted by atomic mass is 10.2. The molecule has 0 saturated carbocycles. The SMILES string of the molecule is CN(c1nccs1)C1CCNC1.Cl. The summed E-state index contributed by atoms with van der Waals surface area (Å²) in [6, 6.07) is 0.635. The van der Waals surface area contributed by atoms with E-state index in [9.17, 15) is 0 Å². The second-order valence-electron chi connectivity index (χ2n) is 3.07. The molecule has 1 aromatic heterocycles. The van der Waals surface area contributed by atoms with Crippen molar-refractivity contribution in [3.63, 3.8) is 0 Å². The molecule has 0 radical (unpaired) electrons. The van der Waals surface area contributed by atoms with Crippen molar-refractivity contribution in [1.82, 2.24) is 10.3 Å². The van der Waals surface area contributed by atoms with Crippen LogP contribution in [0.3, 0.4) is 0 Å². The Hall–Kier alpha value is -0.320. The summed E-state index contributed by atoms with van der Waals surface area (Å²) in [5.41, 5.74) is 0. The first kappa shape index (κ1) is 10.8. The fraction of sp³-hybridized carbons (Fsp3) is 0.625. The predicted molar refractivity (Wildman–Crippen MR) is 59.0 cm³/mol. The van der Waals surface area contributed by atoms with Crippen LogP contribution >= 0.6 is 23.7 Å². The number of hydrogen-bond donors (Lipinski definition) is 1. The third kappa shape index (κ3) is 2.33. The lowest BCUT2D eigenvalue weighted by Gasteiger charge is -2.22. The molecule has 1 aliphatic rings. The highest BCUT2D eigenvalue weighted by molar-refractivity contribution is 7.13. The van der Waals surface area contributed by atoms with Crippen molar-refractivity contribution in [2.24, 2.45) is 0 Å². The van der Waals surface area contributed by atoms with E-state index in [1.165, 1.54) is 6.42 Å². The van der Waals surface area contributed by atoms with Crippen LogP contribution in [-0.2, 0) is 0 Å². The Balaban J connectivity index is 0.000000845. The molecule has 1 saturated heterocycles. The van der Waals surface area contributed by atoms with Gasteiger partial charge in [-0.2, -0.15) is 0 Å². The van der Waals surface area contributed by atoms with E-state index in [0.29, 0.717) is 6.04 Å². The topological polar surface area (TPSA) is 28.2 Å². The molecule has 1 N–H and O–H groups in total. The zero-order valence-electron chi connectivity index (χ0n) is 7.56. The van der Waals surface area contributed by atoms with Crippen LogP contribution in [0.15, 0.2) is 11.6 Å². The molecule has 0 amide bonds. The number of likely N-dealkylation sites (N-methyl/N-ethyl adjacent to an activating group) is 1. The van der Waals surface area contributed by atoms with Gasteiger partial charge < -0.3 is 10.2 Å². The van der Waals surface area contributed by atoms with Crippen LogP contribution in [0.1, 0.15) is 6.42 Å². The summed E-state index contributed by atoms with van der Waals surface area (Å²) in [7, 11) is 2.12. The second-order valence-corrected chi connectivity index (χ2v) is 3.95. The minimum absolute atomic E-state index is 0. The first-order chi connectivity index (χ1) is 5.88. The third-order valence-corrected chi connectivity index (χ3v) is 3.17. The number of nitrogens with one attached hydrogen (secondary N) is 1. The summed E-state index contributed by atoms with van der Waals surface area (Å²) >= 11 is 1.70. The largest absolute Gasteiger partial charge is 0.347 e. The molecule has 5 heteroatoms. The van der Waals surface area contributed by atoms with Gasteiger partial charge in [0.25, 0.3) is 0 Å². The van der Waals surface area contributed by atoms with Gasteiger partial charge in [0.05, 0.1) is 0 Å². The van der Waals surface area contributed by atoms with Gasteiger partial charge in [0, 0.05) is 31.2 Å². The number of halogens is 1. The summed E-state index contributed by atoms with van der Waals surface area (Å²) in [6.07, 6.45) is 3.09. The minimum atomic E-state index is 0. The molecule has 13 heavy (non-hydrogen) atoms. The van der Waals surface area contributed by atoms with E-state index in [4.69, 9.17) is 0 Å². The van der Waals surface area contributed by atoms with Crippen molar-refractivity contribution in [1.29, 1.82) is 0 Å². The molecule has 1 atom stereocenters. The molecule has 1 unspecified atom stereocenters. The van der Waals surface area contributed by atoms with Crippen LogP contribution in [0.25, 0.3) is 0 Å². The maximum Gasteiger partial charge on any atom is 0.185 e. The molecule has 2 heterocycles.